The summed E-state index contributed by atoms with van der Waals surface area (Å²) in [5.41, 5.74) is 12.4. The van der Waals surface area contributed by atoms with Gasteiger partial charge in [-0.05, 0) is 95.5 Å². The molecule has 0 fully saturated rings. The highest BCUT2D eigenvalue weighted by atomic mass is 32.1. The van der Waals surface area contributed by atoms with E-state index in [1.807, 2.05) is 11.3 Å². The largest absolute Gasteiger partial charge is 0.456 e. The van der Waals surface area contributed by atoms with Gasteiger partial charge in [-0.3, -0.25) is 0 Å². The summed E-state index contributed by atoms with van der Waals surface area (Å²) in [7, 11) is 0. The van der Waals surface area contributed by atoms with Gasteiger partial charge in [0.15, 0.2) is 0 Å². The van der Waals surface area contributed by atoms with Crippen molar-refractivity contribution in [1.82, 2.24) is 0 Å². The predicted molar refractivity (Wildman–Crippen MR) is 228 cm³/mol. The average molecular weight is 693 g/mol. The van der Waals surface area contributed by atoms with Crippen molar-refractivity contribution in [2.45, 2.75) is 19.3 Å². The zero-order chi connectivity index (χ0) is 35.0. The lowest BCUT2D eigenvalue weighted by Gasteiger charge is -2.22. The first-order valence-corrected chi connectivity index (χ1v) is 19.2. The van der Waals surface area contributed by atoms with Crippen molar-refractivity contribution in [3.8, 4) is 33.4 Å². The molecule has 11 aromatic rings. The standard InChI is InChI=1S/C51H32OS/c1-51(2)40-21-11-9-15-32(40)38-27-30(23-25-41(38)51)45-33-16-5-7-18-35(33)47(36-19-8-6-17-34(36)45)49-48-37-20-10-12-22-42(37)52-43(48)28-39-46-31-14-4-3-13-29(31)24-26-44(46)53-50(39)49/h3-28H,1-2H3. The molecule has 2 heteroatoms. The van der Waals surface area contributed by atoms with Crippen LogP contribution in [0.3, 0.4) is 0 Å². The van der Waals surface area contributed by atoms with Crippen LogP contribution in [-0.4, -0.2) is 0 Å². The van der Waals surface area contributed by atoms with Gasteiger partial charge in [-0.15, -0.1) is 11.3 Å². The second-order valence-corrected chi connectivity index (χ2v) is 16.2. The van der Waals surface area contributed by atoms with E-state index in [2.05, 4.69) is 172 Å². The van der Waals surface area contributed by atoms with E-state index >= 15 is 0 Å². The van der Waals surface area contributed by atoms with Crippen molar-refractivity contribution < 1.29 is 4.42 Å². The summed E-state index contributed by atoms with van der Waals surface area (Å²) in [6.45, 7) is 4.71. The third-order valence-corrected chi connectivity index (χ3v) is 13.2. The summed E-state index contributed by atoms with van der Waals surface area (Å²) in [6.07, 6.45) is 0. The van der Waals surface area contributed by atoms with Gasteiger partial charge in [-0.25, -0.2) is 0 Å². The van der Waals surface area contributed by atoms with E-state index in [1.54, 1.807) is 0 Å². The number of hydrogen-bond acceptors (Lipinski definition) is 2. The number of para-hydroxylation sites is 1. The lowest BCUT2D eigenvalue weighted by molar-refractivity contribution is 0.660. The van der Waals surface area contributed by atoms with Crippen LogP contribution in [0.2, 0.25) is 0 Å². The Bertz CT molecular complexity index is 3320. The first-order valence-electron chi connectivity index (χ1n) is 18.4. The molecule has 0 bridgehead atoms. The van der Waals surface area contributed by atoms with Gasteiger partial charge in [0.2, 0.25) is 0 Å². The topological polar surface area (TPSA) is 13.1 Å². The summed E-state index contributed by atoms with van der Waals surface area (Å²) in [6, 6.07) is 58.5. The van der Waals surface area contributed by atoms with Gasteiger partial charge in [0.1, 0.15) is 11.2 Å². The van der Waals surface area contributed by atoms with Crippen molar-refractivity contribution in [3.63, 3.8) is 0 Å². The average Bonchev–Trinajstić information content (AvgIpc) is 3.84. The molecule has 248 valence electrons. The molecular weight excluding hydrogens is 661 g/mol. The fourth-order valence-corrected chi connectivity index (χ4v) is 11.0. The summed E-state index contributed by atoms with van der Waals surface area (Å²) in [4.78, 5) is 0. The van der Waals surface area contributed by atoms with Crippen LogP contribution in [-0.2, 0) is 5.41 Å². The van der Waals surface area contributed by atoms with Crippen molar-refractivity contribution in [2.24, 2.45) is 0 Å². The maximum Gasteiger partial charge on any atom is 0.136 e. The van der Waals surface area contributed by atoms with Crippen molar-refractivity contribution in [1.29, 1.82) is 0 Å². The predicted octanol–water partition coefficient (Wildman–Crippen LogP) is 15.1. The smallest absolute Gasteiger partial charge is 0.136 e. The van der Waals surface area contributed by atoms with E-state index in [4.69, 9.17) is 4.42 Å². The van der Waals surface area contributed by atoms with Crippen molar-refractivity contribution in [3.05, 3.63) is 169 Å². The molecule has 0 unspecified atom stereocenters. The Kier molecular flexibility index (Phi) is 5.78. The Morgan fingerprint density at radius 3 is 1.83 bits per heavy atom. The molecule has 0 atom stereocenters. The first-order chi connectivity index (χ1) is 26.1. The van der Waals surface area contributed by atoms with Crippen LogP contribution in [0, 0.1) is 0 Å². The first kappa shape index (κ1) is 29.4. The van der Waals surface area contributed by atoms with E-state index in [1.165, 1.54) is 102 Å². The minimum Gasteiger partial charge on any atom is -0.456 e. The molecule has 53 heavy (non-hydrogen) atoms. The highest BCUT2D eigenvalue weighted by molar-refractivity contribution is 7.26. The van der Waals surface area contributed by atoms with Crippen molar-refractivity contribution in [2.75, 3.05) is 0 Å². The molecule has 0 amide bonds. The molecular formula is C51H32OS. The molecule has 0 radical (unpaired) electrons. The van der Waals surface area contributed by atoms with Crippen molar-refractivity contribution >= 4 is 85.8 Å². The number of furan rings is 1. The van der Waals surface area contributed by atoms with Gasteiger partial charge in [0.05, 0.1) is 0 Å². The molecule has 0 spiro atoms. The fraction of sp³-hybridized carbons (Fsp3) is 0.0588. The number of rotatable bonds is 2. The van der Waals surface area contributed by atoms with E-state index in [9.17, 15) is 0 Å². The lowest BCUT2D eigenvalue weighted by atomic mass is 9.81. The Hall–Kier alpha value is -6.22. The molecule has 9 aromatic carbocycles. The van der Waals surface area contributed by atoms with E-state index in [0.29, 0.717) is 0 Å². The van der Waals surface area contributed by atoms with Crippen LogP contribution < -0.4 is 0 Å². The highest BCUT2D eigenvalue weighted by Gasteiger charge is 2.35. The lowest BCUT2D eigenvalue weighted by Crippen LogP contribution is -2.14. The van der Waals surface area contributed by atoms with E-state index in [-0.39, 0.29) is 5.41 Å². The minimum absolute atomic E-state index is 0.0363. The Balaban J connectivity index is 1.25. The summed E-state index contributed by atoms with van der Waals surface area (Å²) < 4.78 is 9.36. The number of hydrogen-bond donors (Lipinski definition) is 0. The third kappa shape index (κ3) is 3.86. The second kappa shape index (κ2) is 10.4. The maximum absolute atomic E-state index is 6.76. The quantitative estimate of drug-likeness (QED) is 0.164. The SMILES string of the molecule is CC1(C)c2ccccc2-c2cc(-c3c4ccccc4c(-c4c5sc6ccc7ccccc7c6c5cc5oc6ccccc6c45)c4ccccc34)ccc21. The summed E-state index contributed by atoms with van der Waals surface area (Å²) in [5, 5.41) is 12.5. The van der Waals surface area contributed by atoms with Crippen LogP contribution in [0.15, 0.2) is 162 Å². The highest BCUT2D eigenvalue weighted by Crippen LogP contribution is 2.54. The van der Waals surface area contributed by atoms with Crippen LogP contribution in [0.25, 0.3) is 108 Å². The zero-order valence-corrected chi connectivity index (χ0v) is 30.1. The third-order valence-electron chi connectivity index (χ3n) is 12.0. The molecule has 2 aromatic heterocycles. The molecule has 0 saturated carbocycles. The monoisotopic (exact) mass is 692 g/mol. The van der Waals surface area contributed by atoms with Crippen LogP contribution in [0.5, 0.6) is 0 Å². The Morgan fingerprint density at radius 2 is 1.06 bits per heavy atom. The molecule has 1 nitrogen and oxygen atoms in total. The molecule has 0 aliphatic heterocycles. The second-order valence-electron chi connectivity index (χ2n) is 15.1. The van der Waals surface area contributed by atoms with Gasteiger partial charge in [0.25, 0.3) is 0 Å². The Morgan fingerprint density at radius 1 is 0.434 bits per heavy atom. The normalized spacial score (nSPS) is 13.6. The zero-order valence-electron chi connectivity index (χ0n) is 29.3. The van der Waals surface area contributed by atoms with Gasteiger partial charge in [0, 0.05) is 41.9 Å². The molecule has 0 saturated heterocycles. The van der Waals surface area contributed by atoms with Crippen LogP contribution in [0.4, 0.5) is 0 Å². The number of fused-ring (bicyclic) bond motifs is 13. The van der Waals surface area contributed by atoms with E-state index < -0.39 is 0 Å². The van der Waals surface area contributed by atoms with Gasteiger partial charge in [-0.2, -0.15) is 0 Å². The molecule has 0 N–H and O–H groups in total. The summed E-state index contributed by atoms with van der Waals surface area (Å²) >= 11 is 1.91. The molecule has 1 aliphatic carbocycles. The molecule has 2 heterocycles. The number of benzene rings is 9. The van der Waals surface area contributed by atoms with Gasteiger partial charge in [-0.1, -0.05) is 147 Å². The number of thiophene rings is 1. The minimum atomic E-state index is -0.0363. The van der Waals surface area contributed by atoms with Gasteiger partial charge >= 0.3 is 0 Å². The maximum atomic E-state index is 6.76. The fourth-order valence-electron chi connectivity index (χ4n) is 9.71. The summed E-state index contributed by atoms with van der Waals surface area (Å²) in [5.74, 6) is 0. The van der Waals surface area contributed by atoms with Gasteiger partial charge < -0.3 is 4.42 Å². The molecule has 12 rings (SSSR count). The van der Waals surface area contributed by atoms with Crippen LogP contribution in [0.1, 0.15) is 25.0 Å². The van der Waals surface area contributed by atoms with E-state index in [0.717, 1.165) is 16.6 Å². The Labute approximate surface area is 310 Å². The molecule has 1 aliphatic rings. The van der Waals surface area contributed by atoms with Crippen LogP contribution >= 0.6 is 11.3 Å².